The van der Waals surface area contributed by atoms with E-state index in [1.807, 2.05) is 0 Å². The molecule has 0 fully saturated rings. The Kier molecular flexibility index (Phi) is 4.53. The van der Waals surface area contributed by atoms with Crippen LogP contribution in [0.3, 0.4) is 0 Å². The van der Waals surface area contributed by atoms with Crippen LogP contribution in [0.25, 0.3) is 0 Å². The van der Waals surface area contributed by atoms with Crippen LogP contribution in [0.5, 0.6) is 0 Å². The molecule has 92 valence electrons. The third kappa shape index (κ3) is 4.08. The van der Waals surface area contributed by atoms with Crippen LogP contribution in [0.2, 0.25) is 0 Å². The van der Waals surface area contributed by atoms with E-state index in [2.05, 4.69) is 49.1 Å². The third-order valence-electron chi connectivity index (χ3n) is 2.90. The van der Waals surface area contributed by atoms with Crippen molar-refractivity contribution in [1.82, 2.24) is 0 Å². The largest absolute Gasteiger partial charge is 0.372 e. The number of nitrogens with zero attached hydrogens (tertiary/aromatic N) is 2. The first kappa shape index (κ1) is 13.5. The first-order valence-corrected chi connectivity index (χ1v) is 6.00. The zero-order valence-electron chi connectivity index (χ0n) is 10.9. The van der Waals surface area contributed by atoms with Crippen LogP contribution in [-0.4, -0.2) is 18.6 Å². The van der Waals surface area contributed by atoms with Crippen molar-refractivity contribution in [2.75, 3.05) is 18.0 Å². The van der Waals surface area contributed by atoms with Crippen LogP contribution in [0.4, 0.5) is 5.69 Å². The molecule has 1 unspecified atom stereocenters. The lowest BCUT2D eigenvalue weighted by Gasteiger charge is -2.26. The van der Waals surface area contributed by atoms with Crippen molar-refractivity contribution in [1.29, 1.82) is 5.26 Å². The van der Waals surface area contributed by atoms with Gasteiger partial charge in [0.25, 0.3) is 0 Å². The summed E-state index contributed by atoms with van der Waals surface area (Å²) in [6.07, 6.45) is 0.672. The Hall–Kier alpha value is -1.53. The van der Waals surface area contributed by atoms with Gasteiger partial charge in [-0.05, 0) is 44.9 Å². The van der Waals surface area contributed by atoms with Gasteiger partial charge >= 0.3 is 0 Å². The number of nitrogens with two attached hydrogens (primary N) is 1. The maximum atomic E-state index is 8.90. The molecule has 0 aliphatic heterocycles. The lowest BCUT2D eigenvalue weighted by Crippen LogP contribution is -2.39. The lowest BCUT2D eigenvalue weighted by atomic mass is 10.0. The van der Waals surface area contributed by atoms with Gasteiger partial charge in [-0.3, -0.25) is 0 Å². The zero-order valence-corrected chi connectivity index (χ0v) is 10.9. The van der Waals surface area contributed by atoms with Crippen LogP contribution in [-0.2, 0) is 0 Å². The molecule has 1 rings (SSSR count). The zero-order chi connectivity index (χ0) is 12.9. The average molecular weight is 231 g/mol. The molecular formula is C14H21N3. The summed E-state index contributed by atoms with van der Waals surface area (Å²) in [6.45, 7) is 7.70. The summed E-state index contributed by atoms with van der Waals surface area (Å²) in [5.41, 5.74) is 7.54. The number of aryl methyl sites for hydroxylation is 1. The van der Waals surface area contributed by atoms with Gasteiger partial charge in [-0.1, -0.05) is 12.1 Å². The highest BCUT2D eigenvalue weighted by Gasteiger charge is 2.18. The van der Waals surface area contributed by atoms with Crippen molar-refractivity contribution in [3.63, 3.8) is 0 Å². The third-order valence-corrected chi connectivity index (χ3v) is 2.90. The smallest absolute Gasteiger partial charge is 0.103 e. The molecule has 0 saturated heterocycles. The van der Waals surface area contributed by atoms with Crippen molar-refractivity contribution in [2.45, 2.75) is 32.7 Å². The van der Waals surface area contributed by atoms with E-state index in [0.717, 1.165) is 13.1 Å². The maximum absolute atomic E-state index is 8.90. The van der Waals surface area contributed by atoms with Crippen molar-refractivity contribution >= 4 is 5.69 Å². The lowest BCUT2D eigenvalue weighted by molar-refractivity contribution is 0.540. The molecule has 0 heterocycles. The first-order valence-electron chi connectivity index (χ1n) is 6.00. The van der Waals surface area contributed by atoms with E-state index in [4.69, 9.17) is 11.0 Å². The quantitative estimate of drug-likeness (QED) is 0.847. The van der Waals surface area contributed by atoms with Crippen molar-refractivity contribution in [2.24, 2.45) is 5.73 Å². The summed E-state index contributed by atoms with van der Waals surface area (Å²) in [7, 11) is 0. The molecule has 0 saturated carbocycles. The summed E-state index contributed by atoms with van der Waals surface area (Å²) in [5, 5.41) is 8.90. The Morgan fingerprint density at radius 2 is 2.18 bits per heavy atom. The van der Waals surface area contributed by atoms with Crippen molar-refractivity contribution < 1.29 is 0 Å². The Labute approximate surface area is 104 Å². The SMILES string of the molecule is CCN(CCC(C)(N)C#N)c1cccc(C)c1. The second kappa shape index (κ2) is 5.70. The highest BCUT2D eigenvalue weighted by atomic mass is 15.1. The molecule has 3 nitrogen and oxygen atoms in total. The predicted octanol–water partition coefficient (Wildman–Crippen LogP) is 2.45. The summed E-state index contributed by atoms with van der Waals surface area (Å²) in [4.78, 5) is 2.25. The van der Waals surface area contributed by atoms with E-state index in [1.54, 1.807) is 6.92 Å². The van der Waals surface area contributed by atoms with Crippen LogP contribution in [0, 0.1) is 18.3 Å². The van der Waals surface area contributed by atoms with Crippen LogP contribution in [0.1, 0.15) is 25.8 Å². The number of rotatable bonds is 5. The van der Waals surface area contributed by atoms with E-state index in [1.165, 1.54) is 11.3 Å². The predicted molar refractivity (Wildman–Crippen MR) is 71.9 cm³/mol. The number of anilines is 1. The molecule has 0 aliphatic carbocycles. The topological polar surface area (TPSA) is 53.0 Å². The summed E-state index contributed by atoms with van der Waals surface area (Å²) >= 11 is 0. The molecule has 0 aliphatic rings. The van der Waals surface area contributed by atoms with Gasteiger partial charge in [0, 0.05) is 18.8 Å². The van der Waals surface area contributed by atoms with Gasteiger partial charge < -0.3 is 10.6 Å². The normalized spacial score (nSPS) is 13.8. The average Bonchev–Trinajstić information content (AvgIpc) is 2.30. The molecule has 1 aromatic rings. The molecule has 0 radical (unpaired) electrons. The van der Waals surface area contributed by atoms with Crippen molar-refractivity contribution in [3.05, 3.63) is 29.8 Å². The fourth-order valence-corrected chi connectivity index (χ4v) is 1.72. The van der Waals surface area contributed by atoms with Crippen molar-refractivity contribution in [3.8, 4) is 6.07 Å². The Bertz CT molecular complexity index is 404. The standard InChI is InChI=1S/C14H21N3/c1-4-17(9-8-14(3,16)11-15)13-7-5-6-12(2)10-13/h5-7,10H,4,8-9,16H2,1-3H3. The van der Waals surface area contributed by atoms with E-state index < -0.39 is 5.54 Å². The van der Waals surface area contributed by atoms with Gasteiger partial charge in [-0.15, -0.1) is 0 Å². The fraction of sp³-hybridized carbons (Fsp3) is 0.500. The van der Waals surface area contributed by atoms with Gasteiger partial charge in [0.2, 0.25) is 0 Å². The van der Waals surface area contributed by atoms with Gasteiger partial charge in [0.1, 0.15) is 5.54 Å². The van der Waals surface area contributed by atoms with E-state index in [-0.39, 0.29) is 0 Å². The minimum absolute atomic E-state index is 0.672. The highest BCUT2D eigenvalue weighted by Crippen LogP contribution is 2.17. The molecule has 1 aromatic carbocycles. The second-order valence-electron chi connectivity index (χ2n) is 4.70. The van der Waals surface area contributed by atoms with Gasteiger partial charge in [-0.25, -0.2) is 0 Å². The Morgan fingerprint density at radius 3 is 2.71 bits per heavy atom. The first-order chi connectivity index (χ1) is 7.98. The molecule has 0 amide bonds. The monoisotopic (exact) mass is 231 g/mol. The molecule has 0 bridgehead atoms. The number of nitriles is 1. The molecule has 0 aromatic heterocycles. The Morgan fingerprint density at radius 1 is 1.47 bits per heavy atom. The van der Waals surface area contributed by atoms with Gasteiger partial charge in [-0.2, -0.15) is 5.26 Å². The molecule has 3 heteroatoms. The number of benzene rings is 1. The molecular weight excluding hydrogens is 210 g/mol. The van der Waals surface area contributed by atoms with Crippen LogP contribution < -0.4 is 10.6 Å². The minimum Gasteiger partial charge on any atom is -0.372 e. The number of hydrogen-bond donors (Lipinski definition) is 1. The summed E-state index contributed by atoms with van der Waals surface area (Å²) < 4.78 is 0. The van der Waals surface area contributed by atoms with Gasteiger partial charge in [0.05, 0.1) is 6.07 Å². The summed E-state index contributed by atoms with van der Waals surface area (Å²) in [5.74, 6) is 0. The minimum atomic E-state index is -0.739. The molecule has 1 atom stereocenters. The number of hydrogen-bond acceptors (Lipinski definition) is 3. The molecule has 17 heavy (non-hydrogen) atoms. The van der Waals surface area contributed by atoms with E-state index in [0.29, 0.717) is 6.42 Å². The summed E-state index contributed by atoms with van der Waals surface area (Å²) in [6, 6.07) is 10.5. The second-order valence-corrected chi connectivity index (χ2v) is 4.70. The van der Waals surface area contributed by atoms with Gasteiger partial charge in [0.15, 0.2) is 0 Å². The Balaban J connectivity index is 2.70. The highest BCUT2D eigenvalue weighted by molar-refractivity contribution is 5.48. The fourth-order valence-electron chi connectivity index (χ4n) is 1.72. The van der Waals surface area contributed by atoms with Crippen LogP contribution in [0.15, 0.2) is 24.3 Å². The maximum Gasteiger partial charge on any atom is 0.103 e. The molecule has 0 spiro atoms. The molecule has 2 N–H and O–H groups in total. The van der Waals surface area contributed by atoms with Crippen LogP contribution >= 0.6 is 0 Å². The van der Waals surface area contributed by atoms with E-state index >= 15 is 0 Å². The van der Waals surface area contributed by atoms with E-state index in [9.17, 15) is 0 Å².